The summed E-state index contributed by atoms with van der Waals surface area (Å²) < 4.78 is 200. The van der Waals surface area contributed by atoms with E-state index >= 15 is 0 Å². The molecule has 17 nitrogen and oxygen atoms in total. The number of carboxylic acids is 1. The van der Waals surface area contributed by atoms with Crippen LogP contribution in [0.3, 0.4) is 0 Å². The van der Waals surface area contributed by atoms with Gasteiger partial charge in [-0.1, -0.05) is 75.5 Å². The highest BCUT2D eigenvalue weighted by molar-refractivity contribution is 7.99. The van der Waals surface area contributed by atoms with Gasteiger partial charge in [-0.15, -0.1) is 18.2 Å². The van der Waals surface area contributed by atoms with Crippen LogP contribution >= 0.6 is 81.4 Å². The fourth-order valence-corrected chi connectivity index (χ4v) is 10.0. The summed E-state index contributed by atoms with van der Waals surface area (Å²) >= 11 is 37.0. The zero-order valence-corrected chi connectivity index (χ0v) is 55.7. The number of hydrogen-bond acceptors (Lipinski definition) is 13. The Labute approximate surface area is 571 Å². The molecule has 0 atom stereocenters. The molecule has 0 amide bonds. The summed E-state index contributed by atoms with van der Waals surface area (Å²) in [6, 6.07) is 9.21. The molecule has 4 aromatic carbocycles. The van der Waals surface area contributed by atoms with Crippen LogP contribution in [0.4, 0.5) is 61.5 Å². The van der Waals surface area contributed by atoms with E-state index in [2.05, 4.69) is 26.3 Å². The van der Waals surface area contributed by atoms with Gasteiger partial charge in [0.15, 0.2) is 18.2 Å². The molecule has 0 spiro atoms. The summed E-state index contributed by atoms with van der Waals surface area (Å²) in [7, 11) is 0. The van der Waals surface area contributed by atoms with E-state index in [4.69, 9.17) is 95.3 Å². The molecule has 8 rings (SSSR count). The Balaban J connectivity index is 0.000000234. The van der Waals surface area contributed by atoms with E-state index < -0.39 is 121 Å². The second-order valence-corrected chi connectivity index (χ2v) is 23.5. The molecule has 97 heavy (non-hydrogen) atoms. The maximum atomic E-state index is 14.1. The SMILES string of the molecule is C#CCSc1cc(-n2ncc(C(F)(F)F)c(C)c2=O)c(Cl)cc1Cl.Cc1c(C(F)(F)F)cnn(-c2cc(OC(C)C)c(Cl)cc2Cl)c1=O.Cc1c(C(F)(F)F)cnn(-c2cc(OC(C)C)c(Cl)cc2F)c1=O.Cc1c(C(F)(F)F)cnn(-c2cc(OCC(=O)O)c(Cl)cc2F)c1=O. The van der Waals surface area contributed by atoms with Gasteiger partial charge in [-0.3, -0.25) is 19.2 Å². The van der Waals surface area contributed by atoms with Crippen LogP contribution in [0.25, 0.3) is 22.7 Å². The van der Waals surface area contributed by atoms with E-state index in [0.29, 0.717) is 49.8 Å². The monoisotopic (exact) mass is 1520 g/mol. The quantitative estimate of drug-likeness (QED) is 0.0648. The fraction of sp³-hybridized carbons (Fsp3) is 0.271. The maximum Gasteiger partial charge on any atom is 0.418 e. The topological polar surface area (TPSA) is 205 Å². The highest BCUT2D eigenvalue weighted by Gasteiger charge is 2.38. The van der Waals surface area contributed by atoms with Crippen molar-refractivity contribution >= 4 is 87.3 Å². The van der Waals surface area contributed by atoms with E-state index in [-0.39, 0.29) is 71.6 Å². The third kappa shape index (κ3) is 19.8. The van der Waals surface area contributed by atoms with E-state index in [9.17, 15) is 85.4 Å². The first kappa shape index (κ1) is 79.6. The molecule has 0 saturated heterocycles. The van der Waals surface area contributed by atoms with Crippen LogP contribution in [0.2, 0.25) is 30.1 Å². The van der Waals surface area contributed by atoms with Crippen molar-refractivity contribution in [1.29, 1.82) is 0 Å². The lowest BCUT2D eigenvalue weighted by Crippen LogP contribution is -2.28. The molecule has 0 aliphatic heterocycles. The Morgan fingerprint density at radius 3 is 1.09 bits per heavy atom. The molecule has 0 bridgehead atoms. The Bertz CT molecular complexity index is 4460. The van der Waals surface area contributed by atoms with Crippen LogP contribution in [0.1, 0.15) is 72.2 Å². The zero-order valence-electron chi connectivity index (χ0n) is 50.3. The summed E-state index contributed by atoms with van der Waals surface area (Å²) in [5.41, 5.74) is -11.6. The van der Waals surface area contributed by atoms with Gasteiger partial charge in [-0.2, -0.15) is 91.8 Å². The minimum atomic E-state index is -4.79. The van der Waals surface area contributed by atoms with E-state index in [0.717, 1.165) is 61.3 Å². The largest absolute Gasteiger partial charge is 0.489 e. The molecule has 0 unspecified atom stereocenters. The molecular weight excluding hydrogens is 1480 g/mol. The number of aromatic nitrogens is 8. The lowest BCUT2D eigenvalue weighted by molar-refractivity contribution is -0.140. The molecule has 0 saturated carbocycles. The minimum absolute atomic E-state index is 0.0263. The molecule has 0 fully saturated rings. The third-order valence-electron chi connectivity index (χ3n) is 12.4. The van der Waals surface area contributed by atoms with E-state index in [1.54, 1.807) is 27.7 Å². The van der Waals surface area contributed by atoms with Gasteiger partial charge in [-0.25, -0.2) is 13.6 Å². The summed E-state index contributed by atoms with van der Waals surface area (Å²) in [6.07, 6.45) is -12.1. The molecule has 0 radical (unpaired) electrons. The maximum absolute atomic E-state index is 14.1. The van der Waals surface area contributed by atoms with Gasteiger partial charge in [-0.05, 0) is 85.7 Å². The van der Waals surface area contributed by atoms with Crippen LogP contribution in [-0.4, -0.2) is 74.8 Å². The molecular formula is C59H44Cl6F14N8O9S. The molecule has 8 aromatic rings. The Morgan fingerprint density at radius 1 is 0.485 bits per heavy atom. The van der Waals surface area contributed by atoms with Crippen LogP contribution in [0.15, 0.2) is 97.4 Å². The lowest BCUT2D eigenvalue weighted by atomic mass is 10.2. The smallest absolute Gasteiger partial charge is 0.418 e. The van der Waals surface area contributed by atoms with Crippen molar-refractivity contribution < 1.29 is 85.6 Å². The van der Waals surface area contributed by atoms with Gasteiger partial charge in [0.1, 0.15) is 28.6 Å². The van der Waals surface area contributed by atoms with Crippen molar-refractivity contribution in [2.45, 2.75) is 97.2 Å². The first-order chi connectivity index (χ1) is 44.7. The van der Waals surface area contributed by atoms with Crippen molar-refractivity contribution in [2.24, 2.45) is 0 Å². The molecule has 0 aliphatic carbocycles. The van der Waals surface area contributed by atoms with Crippen molar-refractivity contribution in [3.05, 3.63) is 201 Å². The number of carboxylic acid groups (broad SMARTS) is 1. The highest BCUT2D eigenvalue weighted by atomic mass is 35.5. The molecule has 1 N–H and O–H groups in total. The summed E-state index contributed by atoms with van der Waals surface area (Å²) in [5, 5.41) is 22.9. The number of hydrogen-bond donors (Lipinski definition) is 1. The van der Waals surface area contributed by atoms with E-state index in [1.165, 1.54) is 36.0 Å². The predicted octanol–water partition coefficient (Wildman–Crippen LogP) is 16.2. The molecule has 0 aliphatic rings. The van der Waals surface area contributed by atoms with Crippen molar-refractivity contribution in [3.63, 3.8) is 0 Å². The van der Waals surface area contributed by atoms with Crippen LogP contribution in [-0.2, 0) is 29.5 Å². The number of ether oxygens (including phenoxy) is 3. The van der Waals surface area contributed by atoms with Crippen LogP contribution in [0.5, 0.6) is 17.2 Å². The zero-order chi connectivity index (χ0) is 73.5. The summed E-state index contributed by atoms with van der Waals surface area (Å²) in [4.78, 5) is 59.9. The number of aliphatic carboxylic acids is 1. The number of rotatable bonds is 13. The number of terminal acetylenes is 1. The summed E-state index contributed by atoms with van der Waals surface area (Å²) in [5.74, 6) is -0.477. The summed E-state index contributed by atoms with van der Waals surface area (Å²) in [6.45, 7) is 10.3. The predicted molar refractivity (Wildman–Crippen MR) is 332 cm³/mol. The Morgan fingerprint density at radius 2 is 0.773 bits per heavy atom. The Hall–Kier alpha value is -8.06. The number of nitrogens with zero attached hydrogens (tertiary/aromatic N) is 8. The van der Waals surface area contributed by atoms with Crippen LogP contribution in [0, 0.1) is 51.7 Å². The van der Waals surface area contributed by atoms with Gasteiger partial charge < -0.3 is 19.3 Å². The van der Waals surface area contributed by atoms with Crippen molar-refractivity contribution in [3.8, 4) is 52.3 Å². The molecule has 520 valence electrons. The first-order valence-electron chi connectivity index (χ1n) is 26.6. The third-order valence-corrected chi connectivity index (χ3v) is 15.3. The first-order valence-corrected chi connectivity index (χ1v) is 29.8. The average Bonchev–Trinajstić information content (AvgIpc) is 0.799. The Kier molecular flexibility index (Phi) is 26.3. The van der Waals surface area contributed by atoms with Gasteiger partial charge in [0, 0.05) is 45.3 Å². The lowest BCUT2D eigenvalue weighted by Gasteiger charge is -2.16. The number of carbonyl (C=O) groups is 1. The number of benzene rings is 4. The second kappa shape index (κ2) is 32.1. The van der Waals surface area contributed by atoms with Gasteiger partial charge in [0.2, 0.25) is 0 Å². The molecule has 4 aromatic heterocycles. The standard InChI is InChI=1S/C15H13Cl2F3N2O2.C15H9Cl2F3N2OS.C15H13ClF4N2O2.C14H9ClF4N2O4/c1-7(2)24-13-5-12(10(16)4-11(13)17)22-14(23)8(3)9(6-21-22)15(18,19)20;1-3-4-24-13-6-12(10(16)5-11(13)17)22-14(23)8(2)9(7-21-22)15(18,19)20;1-7(2)24-13-5-12(11(17)4-10(13)16)22-14(23)8(3)9(6-21-22)15(18,19)20;1-6-7(14(17,18)19)4-20-21(13(6)24)10-3-11(25-5-12(22)23)8(15)2-9(10)16/h4-7H,1-3H3;1,5-7H,4H2,2H3;4-7H,1-3H3;2-4H,5H2,1H3,(H,22,23). The van der Waals surface area contributed by atoms with Gasteiger partial charge in [0.25, 0.3) is 22.2 Å². The van der Waals surface area contributed by atoms with Gasteiger partial charge in [0.05, 0.1) is 107 Å². The van der Waals surface area contributed by atoms with Crippen LogP contribution < -0.4 is 36.4 Å². The molecule has 4 heterocycles. The van der Waals surface area contributed by atoms with Crippen molar-refractivity contribution in [1.82, 2.24) is 39.1 Å². The number of halogens is 20. The minimum Gasteiger partial charge on any atom is -0.489 e. The molecule has 38 heteroatoms. The van der Waals surface area contributed by atoms with Gasteiger partial charge >= 0.3 is 30.7 Å². The van der Waals surface area contributed by atoms with Crippen molar-refractivity contribution in [2.75, 3.05) is 12.4 Å². The second-order valence-electron chi connectivity index (χ2n) is 20.0. The number of thioether (sulfide) groups is 1. The normalized spacial score (nSPS) is 11.6. The highest BCUT2D eigenvalue weighted by Crippen LogP contribution is 2.39. The fourth-order valence-electron chi connectivity index (χ4n) is 7.88. The van der Waals surface area contributed by atoms with E-state index in [1.807, 2.05) is 0 Å². The number of alkyl halides is 12. The average molecular weight is 1520 g/mol.